The number of hydrogen-bond acceptors (Lipinski definition) is 0. The third-order valence-corrected chi connectivity index (χ3v) is 3.45. The minimum absolute atomic E-state index is 0.688. The highest BCUT2D eigenvalue weighted by atomic mass is 35.5. The van der Waals surface area contributed by atoms with Gasteiger partial charge in [0.2, 0.25) is 0 Å². The van der Waals surface area contributed by atoms with Gasteiger partial charge < -0.3 is 0 Å². The fraction of sp³-hybridized carbons (Fsp3) is 0.429. The van der Waals surface area contributed by atoms with Crippen LogP contribution in [0.1, 0.15) is 42.7 Å². The zero-order valence-corrected chi connectivity index (χ0v) is 9.98. The second-order valence-electron chi connectivity index (χ2n) is 4.59. The highest BCUT2D eigenvalue weighted by molar-refractivity contribution is 6.30. The van der Waals surface area contributed by atoms with Crippen molar-refractivity contribution in [3.63, 3.8) is 0 Å². The normalized spacial score (nSPS) is 18.1. The first-order valence-corrected chi connectivity index (χ1v) is 5.96. The van der Waals surface area contributed by atoms with Crippen LogP contribution in [0.3, 0.4) is 0 Å². The van der Waals surface area contributed by atoms with E-state index >= 15 is 0 Å². The minimum Gasteiger partial charge on any atom is -0.0999 e. The average molecular weight is 221 g/mol. The summed E-state index contributed by atoms with van der Waals surface area (Å²) in [6, 6.07) is 6.41. The van der Waals surface area contributed by atoms with Gasteiger partial charge in [-0.2, -0.15) is 0 Å². The highest BCUT2D eigenvalue weighted by Gasteiger charge is 2.17. The molecule has 0 bridgehead atoms. The Bertz CT molecular complexity index is 349. The molecule has 1 heteroatoms. The molecule has 1 aliphatic rings. The molecule has 0 unspecified atom stereocenters. The van der Waals surface area contributed by atoms with Crippen molar-refractivity contribution in [1.82, 2.24) is 0 Å². The molecule has 0 aliphatic heterocycles. The van der Waals surface area contributed by atoms with Gasteiger partial charge in [-0.1, -0.05) is 29.8 Å². The summed E-state index contributed by atoms with van der Waals surface area (Å²) in [5.41, 5.74) is 4.08. The summed E-state index contributed by atoms with van der Waals surface area (Å²) in [5, 5.41) is 0.870. The number of rotatable bonds is 1. The number of benzene rings is 1. The third kappa shape index (κ3) is 2.63. The molecular formula is C14H17Cl. The second-order valence-corrected chi connectivity index (χ2v) is 5.02. The first-order valence-electron chi connectivity index (χ1n) is 5.59. The molecule has 1 saturated carbocycles. The van der Waals surface area contributed by atoms with E-state index < -0.39 is 0 Å². The van der Waals surface area contributed by atoms with Crippen LogP contribution in [0.15, 0.2) is 30.4 Å². The van der Waals surface area contributed by atoms with Gasteiger partial charge in [0, 0.05) is 5.02 Å². The maximum atomic E-state index is 6.08. The van der Waals surface area contributed by atoms with Crippen molar-refractivity contribution in [3.05, 3.63) is 46.5 Å². The SMILES string of the molecule is C=C1CCC(c2cc(C)cc(Cl)c2)CC1. The van der Waals surface area contributed by atoms with Crippen molar-refractivity contribution in [2.75, 3.05) is 0 Å². The van der Waals surface area contributed by atoms with Crippen LogP contribution < -0.4 is 0 Å². The van der Waals surface area contributed by atoms with E-state index in [1.54, 1.807) is 0 Å². The Morgan fingerprint density at radius 2 is 1.87 bits per heavy atom. The molecule has 1 fully saturated rings. The van der Waals surface area contributed by atoms with E-state index in [2.05, 4.69) is 25.6 Å². The van der Waals surface area contributed by atoms with Gasteiger partial charge in [0.1, 0.15) is 0 Å². The maximum Gasteiger partial charge on any atom is 0.0411 e. The maximum absolute atomic E-state index is 6.08. The average Bonchev–Trinajstić information content (AvgIpc) is 2.17. The van der Waals surface area contributed by atoms with Crippen molar-refractivity contribution >= 4 is 11.6 Å². The van der Waals surface area contributed by atoms with Gasteiger partial charge in [0.15, 0.2) is 0 Å². The molecule has 0 atom stereocenters. The van der Waals surface area contributed by atoms with Crippen molar-refractivity contribution in [1.29, 1.82) is 0 Å². The lowest BCUT2D eigenvalue weighted by Gasteiger charge is -2.24. The quantitative estimate of drug-likeness (QED) is 0.593. The molecule has 0 N–H and O–H groups in total. The van der Waals surface area contributed by atoms with E-state index in [0.29, 0.717) is 5.92 Å². The van der Waals surface area contributed by atoms with Crippen LogP contribution in [0.4, 0.5) is 0 Å². The van der Waals surface area contributed by atoms with Crippen molar-refractivity contribution in [2.24, 2.45) is 0 Å². The van der Waals surface area contributed by atoms with Gasteiger partial charge in [0.25, 0.3) is 0 Å². The monoisotopic (exact) mass is 220 g/mol. The lowest BCUT2D eigenvalue weighted by atomic mass is 9.82. The first kappa shape index (κ1) is 10.8. The molecule has 15 heavy (non-hydrogen) atoms. The zero-order chi connectivity index (χ0) is 10.8. The Labute approximate surface area is 97.0 Å². The van der Waals surface area contributed by atoms with Crippen LogP contribution in [0, 0.1) is 6.92 Å². The predicted molar refractivity (Wildman–Crippen MR) is 66.5 cm³/mol. The molecule has 0 amide bonds. The van der Waals surface area contributed by atoms with Crippen LogP contribution in [0.2, 0.25) is 5.02 Å². The third-order valence-electron chi connectivity index (χ3n) is 3.23. The number of halogens is 1. The summed E-state index contributed by atoms with van der Waals surface area (Å²) in [7, 11) is 0. The molecule has 1 aliphatic carbocycles. The van der Waals surface area contributed by atoms with Gasteiger partial charge in [-0.05, 0) is 61.8 Å². The van der Waals surface area contributed by atoms with E-state index in [1.807, 2.05) is 6.07 Å². The predicted octanol–water partition coefficient (Wildman–Crippen LogP) is 4.86. The van der Waals surface area contributed by atoms with Crippen LogP contribution in [0.5, 0.6) is 0 Å². The van der Waals surface area contributed by atoms with E-state index in [9.17, 15) is 0 Å². The van der Waals surface area contributed by atoms with Gasteiger partial charge in [-0.25, -0.2) is 0 Å². The number of hydrogen-bond donors (Lipinski definition) is 0. The molecule has 0 saturated heterocycles. The van der Waals surface area contributed by atoms with E-state index in [0.717, 1.165) is 5.02 Å². The summed E-state index contributed by atoms with van der Waals surface area (Å²) in [5.74, 6) is 0.688. The Morgan fingerprint density at radius 1 is 1.20 bits per heavy atom. The van der Waals surface area contributed by atoms with Gasteiger partial charge in [-0.15, -0.1) is 0 Å². The van der Waals surface area contributed by atoms with Gasteiger partial charge in [0.05, 0.1) is 0 Å². The minimum atomic E-state index is 0.688. The lowest BCUT2D eigenvalue weighted by Crippen LogP contribution is -2.06. The molecule has 1 aromatic rings. The van der Waals surface area contributed by atoms with E-state index in [1.165, 1.54) is 42.4 Å². The zero-order valence-electron chi connectivity index (χ0n) is 9.22. The van der Waals surface area contributed by atoms with Gasteiger partial charge >= 0.3 is 0 Å². The fourth-order valence-corrected chi connectivity index (χ4v) is 2.66. The second kappa shape index (κ2) is 4.40. The molecule has 0 radical (unpaired) electrons. The molecule has 0 nitrogen and oxygen atoms in total. The molecule has 0 heterocycles. The van der Waals surface area contributed by atoms with Crippen molar-refractivity contribution < 1.29 is 0 Å². The van der Waals surface area contributed by atoms with Crippen molar-refractivity contribution in [3.8, 4) is 0 Å². The lowest BCUT2D eigenvalue weighted by molar-refractivity contribution is 0.518. The summed E-state index contributed by atoms with van der Waals surface area (Å²) in [6.07, 6.45) is 4.82. The summed E-state index contributed by atoms with van der Waals surface area (Å²) >= 11 is 6.08. The summed E-state index contributed by atoms with van der Waals surface area (Å²) < 4.78 is 0. The number of allylic oxidation sites excluding steroid dienone is 1. The van der Waals surface area contributed by atoms with Crippen molar-refractivity contribution in [2.45, 2.75) is 38.5 Å². The molecule has 1 aromatic carbocycles. The van der Waals surface area contributed by atoms with Crippen LogP contribution >= 0.6 is 11.6 Å². The Kier molecular flexibility index (Phi) is 3.16. The van der Waals surface area contributed by atoms with Crippen LogP contribution in [-0.2, 0) is 0 Å². The Morgan fingerprint density at radius 3 is 2.47 bits per heavy atom. The summed E-state index contributed by atoms with van der Waals surface area (Å²) in [6.45, 7) is 6.16. The van der Waals surface area contributed by atoms with E-state index in [-0.39, 0.29) is 0 Å². The molecule has 2 rings (SSSR count). The molecule has 80 valence electrons. The van der Waals surface area contributed by atoms with E-state index in [4.69, 9.17) is 11.6 Å². The van der Waals surface area contributed by atoms with Gasteiger partial charge in [-0.3, -0.25) is 0 Å². The van der Waals surface area contributed by atoms with Crippen LogP contribution in [-0.4, -0.2) is 0 Å². The highest BCUT2D eigenvalue weighted by Crippen LogP contribution is 2.35. The Hall–Kier alpha value is -0.750. The Balaban J connectivity index is 2.18. The molecule has 0 aromatic heterocycles. The fourth-order valence-electron chi connectivity index (χ4n) is 2.36. The smallest absolute Gasteiger partial charge is 0.0411 e. The number of aryl methyl sites for hydroxylation is 1. The molecule has 0 spiro atoms. The van der Waals surface area contributed by atoms with Crippen LogP contribution in [0.25, 0.3) is 0 Å². The standard InChI is InChI=1S/C14H17Cl/c1-10-3-5-12(6-4-10)13-7-11(2)8-14(15)9-13/h7-9,12H,1,3-6H2,2H3. The summed E-state index contributed by atoms with van der Waals surface area (Å²) in [4.78, 5) is 0. The largest absolute Gasteiger partial charge is 0.0999 e. The molecular weight excluding hydrogens is 204 g/mol. The topological polar surface area (TPSA) is 0 Å². The first-order chi connectivity index (χ1) is 7.15.